The van der Waals surface area contributed by atoms with Gasteiger partial charge in [0.05, 0.1) is 17.3 Å². The Balaban J connectivity index is 2.78. The molecule has 0 bridgehead atoms. The van der Waals surface area contributed by atoms with Gasteiger partial charge in [-0.2, -0.15) is 0 Å². The Kier molecular flexibility index (Phi) is 1.81. The van der Waals surface area contributed by atoms with Crippen LogP contribution in [0.25, 0.3) is 5.52 Å². The highest BCUT2D eigenvalue weighted by Gasteiger charge is 2.09. The summed E-state index contributed by atoms with van der Waals surface area (Å²) in [7, 11) is 0. The summed E-state index contributed by atoms with van der Waals surface area (Å²) in [5, 5.41) is 0. The largest absolute Gasteiger partial charge is 0.322 e. The molecule has 2 N–H and O–H groups in total. The molecule has 0 saturated carbocycles. The van der Waals surface area contributed by atoms with E-state index in [2.05, 4.69) is 4.98 Å². The molecule has 0 saturated heterocycles. The molecule has 2 rings (SSSR count). The summed E-state index contributed by atoms with van der Waals surface area (Å²) in [6, 6.07) is 6.02. The van der Waals surface area contributed by atoms with E-state index in [0.717, 1.165) is 17.0 Å². The topological polar surface area (TPSA) is 43.3 Å². The quantitative estimate of drug-likeness (QED) is 0.716. The second-order valence-electron chi connectivity index (χ2n) is 3.30. The van der Waals surface area contributed by atoms with E-state index >= 15 is 0 Å². The van der Waals surface area contributed by atoms with Gasteiger partial charge in [0.1, 0.15) is 5.82 Å². The van der Waals surface area contributed by atoms with Gasteiger partial charge >= 0.3 is 0 Å². The molecule has 0 spiro atoms. The number of hydrogen-bond acceptors (Lipinski definition) is 2. The predicted octanol–water partition coefficient (Wildman–Crippen LogP) is 1.66. The number of fused-ring (bicyclic) bond motifs is 1. The lowest BCUT2D eigenvalue weighted by Crippen LogP contribution is -2.09. The average Bonchev–Trinajstić information content (AvgIpc) is 2.45. The second kappa shape index (κ2) is 2.85. The van der Waals surface area contributed by atoms with Crippen LogP contribution in [0.3, 0.4) is 0 Å². The highest BCUT2D eigenvalue weighted by molar-refractivity contribution is 5.52. The minimum atomic E-state index is -0.0244. The number of aromatic nitrogens is 2. The van der Waals surface area contributed by atoms with Crippen LogP contribution in [0, 0.1) is 6.92 Å². The maximum absolute atomic E-state index is 5.81. The van der Waals surface area contributed by atoms with E-state index in [1.54, 1.807) is 0 Å². The smallest absolute Gasteiger partial charge is 0.130 e. The minimum absolute atomic E-state index is 0.0244. The van der Waals surface area contributed by atoms with Crippen LogP contribution in [0.2, 0.25) is 0 Å². The van der Waals surface area contributed by atoms with Crippen LogP contribution >= 0.6 is 0 Å². The zero-order valence-corrected chi connectivity index (χ0v) is 7.86. The van der Waals surface area contributed by atoms with E-state index in [1.807, 2.05) is 42.6 Å². The first-order valence-corrected chi connectivity index (χ1v) is 4.39. The molecular weight excluding hydrogens is 162 g/mol. The van der Waals surface area contributed by atoms with Crippen molar-refractivity contribution in [1.29, 1.82) is 0 Å². The highest BCUT2D eigenvalue weighted by atomic mass is 15.0. The molecule has 0 aliphatic carbocycles. The molecule has 1 atom stereocenters. The Bertz CT molecular complexity index is 429. The van der Waals surface area contributed by atoms with Crippen LogP contribution in [0.15, 0.2) is 24.4 Å². The standard InChI is InChI=1S/C10H13N3/c1-7(11)10-12-8(2)9-5-3-4-6-13(9)10/h3-7H,11H2,1-2H3. The molecule has 3 heteroatoms. The molecule has 2 aromatic rings. The van der Waals surface area contributed by atoms with Crippen molar-refractivity contribution < 1.29 is 0 Å². The van der Waals surface area contributed by atoms with Crippen molar-refractivity contribution >= 4 is 5.52 Å². The van der Waals surface area contributed by atoms with Crippen molar-refractivity contribution in [1.82, 2.24) is 9.38 Å². The second-order valence-corrected chi connectivity index (χ2v) is 3.30. The number of nitrogens with two attached hydrogens (primary N) is 1. The molecule has 0 aliphatic rings. The van der Waals surface area contributed by atoms with Crippen molar-refractivity contribution in [2.45, 2.75) is 19.9 Å². The molecule has 0 amide bonds. The Morgan fingerprint density at radius 1 is 1.46 bits per heavy atom. The van der Waals surface area contributed by atoms with Gasteiger partial charge < -0.3 is 10.1 Å². The normalized spacial score (nSPS) is 13.5. The lowest BCUT2D eigenvalue weighted by atomic mass is 10.3. The van der Waals surface area contributed by atoms with E-state index in [-0.39, 0.29) is 6.04 Å². The summed E-state index contributed by atoms with van der Waals surface area (Å²) >= 11 is 0. The molecule has 2 aromatic heterocycles. The fourth-order valence-corrected chi connectivity index (χ4v) is 1.54. The fraction of sp³-hybridized carbons (Fsp3) is 0.300. The summed E-state index contributed by atoms with van der Waals surface area (Å²) in [6.07, 6.45) is 1.99. The number of imidazole rings is 1. The van der Waals surface area contributed by atoms with E-state index in [0.29, 0.717) is 0 Å². The third kappa shape index (κ3) is 1.21. The zero-order chi connectivity index (χ0) is 9.42. The summed E-state index contributed by atoms with van der Waals surface area (Å²) in [5.74, 6) is 0.924. The molecule has 3 nitrogen and oxygen atoms in total. The van der Waals surface area contributed by atoms with Gasteiger partial charge in [-0.3, -0.25) is 0 Å². The number of nitrogens with zero attached hydrogens (tertiary/aromatic N) is 2. The summed E-state index contributed by atoms with van der Waals surface area (Å²) < 4.78 is 2.04. The average molecular weight is 175 g/mol. The molecule has 2 heterocycles. The van der Waals surface area contributed by atoms with Crippen LogP contribution in [0.4, 0.5) is 0 Å². The van der Waals surface area contributed by atoms with E-state index in [9.17, 15) is 0 Å². The zero-order valence-electron chi connectivity index (χ0n) is 7.86. The van der Waals surface area contributed by atoms with Crippen LogP contribution in [-0.4, -0.2) is 9.38 Å². The van der Waals surface area contributed by atoms with E-state index in [4.69, 9.17) is 5.73 Å². The summed E-state index contributed by atoms with van der Waals surface area (Å²) in [4.78, 5) is 4.43. The van der Waals surface area contributed by atoms with E-state index < -0.39 is 0 Å². The Morgan fingerprint density at radius 2 is 2.23 bits per heavy atom. The first-order chi connectivity index (χ1) is 6.20. The van der Waals surface area contributed by atoms with Crippen LogP contribution in [0.5, 0.6) is 0 Å². The van der Waals surface area contributed by atoms with Crippen LogP contribution in [-0.2, 0) is 0 Å². The number of hydrogen-bond donors (Lipinski definition) is 1. The molecule has 0 aliphatic heterocycles. The first-order valence-electron chi connectivity index (χ1n) is 4.39. The summed E-state index contributed by atoms with van der Waals surface area (Å²) in [6.45, 7) is 3.95. The van der Waals surface area contributed by atoms with Gasteiger partial charge in [0.2, 0.25) is 0 Å². The number of pyridine rings is 1. The van der Waals surface area contributed by atoms with Gasteiger partial charge in [-0.15, -0.1) is 0 Å². The highest BCUT2D eigenvalue weighted by Crippen LogP contribution is 2.15. The van der Waals surface area contributed by atoms with Gasteiger partial charge in [-0.05, 0) is 26.0 Å². The Hall–Kier alpha value is -1.35. The van der Waals surface area contributed by atoms with Gasteiger partial charge in [-0.25, -0.2) is 4.98 Å². The molecule has 68 valence electrons. The minimum Gasteiger partial charge on any atom is -0.322 e. The van der Waals surface area contributed by atoms with Crippen molar-refractivity contribution in [2.24, 2.45) is 5.73 Å². The maximum atomic E-state index is 5.81. The SMILES string of the molecule is Cc1nc(C(C)N)n2ccccc12. The van der Waals surface area contributed by atoms with Gasteiger partial charge in [0.15, 0.2) is 0 Å². The lowest BCUT2D eigenvalue weighted by molar-refractivity contribution is 0.734. The predicted molar refractivity (Wildman–Crippen MR) is 52.5 cm³/mol. The molecule has 0 aromatic carbocycles. The molecule has 1 unspecified atom stereocenters. The lowest BCUT2D eigenvalue weighted by Gasteiger charge is -2.02. The van der Waals surface area contributed by atoms with Gasteiger partial charge in [0, 0.05) is 6.20 Å². The van der Waals surface area contributed by atoms with E-state index in [1.165, 1.54) is 0 Å². The van der Waals surface area contributed by atoms with Crippen molar-refractivity contribution in [3.63, 3.8) is 0 Å². The van der Waals surface area contributed by atoms with Gasteiger partial charge in [0.25, 0.3) is 0 Å². The number of aryl methyl sites for hydroxylation is 1. The van der Waals surface area contributed by atoms with Gasteiger partial charge in [-0.1, -0.05) is 6.07 Å². The number of rotatable bonds is 1. The van der Waals surface area contributed by atoms with Crippen LogP contribution < -0.4 is 5.73 Å². The van der Waals surface area contributed by atoms with Crippen molar-refractivity contribution in [3.05, 3.63) is 35.9 Å². The summed E-state index contributed by atoms with van der Waals surface area (Å²) in [5.41, 5.74) is 7.98. The molecular formula is C10H13N3. The Morgan fingerprint density at radius 3 is 2.92 bits per heavy atom. The fourth-order valence-electron chi connectivity index (χ4n) is 1.54. The molecule has 0 radical (unpaired) electrons. The third-order valence-electron chi connectivity index (χ3n) is 2.17. The molecule has 13 heavy (non-hydrogen) atoms. The van der Waals surface area contributed by atoms with Crippen molar-refractivity contribution in [2.75, 3.05) is 0 Å². The maximum Gasteiger partial charge on any atom is 0.130 e. The Labute approximate surface area is 77.2 Å². The first kappa shape index (κ1) is 8.26. The molecule has 0 fully saturated rings. The monoisotopic (exact) mass is 175 g/mol. The third-order valence-corrected chi connectivity index (χ3v) is 2.17. The van der Waals surface area contributed by atoms with Crippen molar-refractivity contribution in [3.8, 4) is 0 Å². The van der Waals surface area contributed by atoms with Crippen LogP contribution in [0.1, 0.15) is 24.5 Å².